The minimum atomic E-state index is -0.593. The number of carbonyl (C=O) groups is 3. The summed E-state index contributed by atoms with van der Waals surface area (Å²) in [5, 5.41) is 7.64. The van der Waals surface area contributed by atoms with Gasteiger partial charge >= 0.3 is 5.97 Å². The average molecular weight is 448 g/mol. The summed E-state index contributed by atoms with van der Waals surface area (Å²) in [4.78, 5) is 35.9. The molecule has 2 aliphatic rings. The number of hydrogen-bond donors (Lipinski definition) is 2. The Morgan fingerprint density at radius 1 is 1.23 bits per heavy atom. The molecule has 2 bridgehead atoms. The number of nitrogens with zero attached hydrogens (tertiary/aromatic N) is 1. The van der Waals surface area contributed by atoms with E-state index in [1.807, 2.05) is 0 Å². The Balaban J connectivity index is 1.52. The number of fused-ring (bicyclic) bond motifs is 2. The standard InChI is InChI=1S/C23H30ClN3O4/c1-14(28)25-18(15-5-7-17(24)8-6-15)12-21(30)31-13-20(29)27-26-19-11-16-9-10-23(19,4)22(16,2)3/h5-8,16,18H,9-13H2,1-4H3,(H,25,28)(H,27,29)/b26-19+. The topological polar surface area (TPSA) is 96.9 Å². The van der Waals surface area contributed by atoms with Gasteiger partial charge in [-0.15, -0.1) is 0 Å². The van der Waals surface area contributed by atoms with Crippen molar-refractivity contribution in [3.8, 4) is 0 Å². The smallest absolute Gasteiger partial charge is 0.308 e. The van der Waals surface area contributed by atoms with Gasteiger partial charge in [0.15, 0.2) is 6.61 Å². The monoisotopic (exact) mass is 447 g/mol. The molecule has 3 atom stereocenters. The quantitative estimate of drug-likeness (QED) is 0.491. The van der Waals surface area contributed by atoms with Gasteiger partial charge in [-0.05, 0) is 48.3 Å². The van der Waals surface area contributed by atoms with E-state index in [1.54, 1.807) is 24.3 Å². The van der Waals surface area contributed by atoms with Crippen LogP contribution in [-0.4, -0.2) is 30.1 Å². The van der Waals surface area contributed by atoms with Crippen molar-refractivity contribution in [3.63, 3.8) is 0 Å². The number of hydrogen-bond acceptors (Lipinski definition) is 5. The first-order valence-corrected chi connectivity index (χ1v) is 10.9. The lowest BCUT2D eigenvalue weighted by molar-refractivity contribution is -0.149. The van der Waals surface area contributed by atoms with E-state index in [9.17, 15) is 14.4 Å². The van der Waals surface area contributed by atoms with Crippen molar-refractivity contribution < 1.29 is 19.1 Å². The lowest BCUT2D eigenvalue weighted by atomic mass is 9.70. The van der Waals surface area contributed by atoms with Gasteiger partial charge in [-0.25, -0.2) is 5.43 Å². The third-order valence-electron chi connectivity index (χ3n) is 7.21. The fourth-order valence-electron chi connectivity index (χ4n) is 4.82. The van der Waals surface area contributed by atoms with Gasteiger partial charge in [0.05, 0.1) is 12.5 Å². The zero-order chi connectivity index (χ0) is 22.8. The molecule has 168 valence electrons. The molecule has 0 spiro atoms. The lowest BCUT2D eigenvalue weighted by Crippen LogP contribution is -2.35. The van der Waals surface area contributed by atoms with E-state index >= 15 is 0 Å². The molecule has 8 heteroatoms. The fraction of sp³-hybridized carbons (Fsp3) is 0.565. The van der Waals surface area contributed by atoms with Crippen LogP contribution in [-0.2, 0) is 19.1 Å². The van der Waals surface area contributed by atoms with Crippen LogP contribution < -0.4 is 10.7 Å². The van der Waals surface area contributed by atoms with Crippen LogP contribution in [0, 0.1) is 16.7 Å². The molecule has 0 aliphatic heterocycles. The minimum absolute atomic E-state index is 0.00815. The van der Waals surface area contributed by atoms with E-state index in [4.69, 9.17) is 16.3 Å². The zero-order valence-corrected chi connectivity index (χ0v) is 19.2. The van der Waals surface area contributed by atoms with Crippen molar-refractivity contribution in [2.45, 2.75) is 59.4 Å². The highest BCUT2D eigenvalue weighted by Gasteiger charge is 2.60. The molecule has 0 heterocycles. The van der Waals surface area contributed by atoms with Crippen molar-refractivity contribution in [3.05, 3.63) is 34.9 Å². The van der Waals surface area contributed by atoms with Crippen LogP contribution in [0.5, 0.6) is 0 Å². The molecule has 0 radical (unpaired) electrons. The Labute approximate surface area is 187 Å². The van der Waals surface area contributed by atoms with Gasteiger partial charge in [-0.2, -0.15) is 5.10 Å². The summed E-state index contributed by atoms with van der Waals surface area (Å²) in [5.74, 6) is -0.759. The number of nitrogens with one attached hydrogen (secondary N) is 2. The van der Waals surface area contributed by atoms with E-state index in [0.717, 1.165) is 24.1 Å². The SMILES string of the molecule is CC(=O)NC(CC(=O)OCC(=O)N/N=C1\CC2CCC1(C)C2(C)C)c1ccc(Cl)cc1. The van der Waals surface area contributed by atoms with E-state index < -0.39 is 24.5 Å². The van der Waals surface area contributed by atoms with E-state index in [0.29, 0.717) is 10.9 Å². The number of amides is 2. The van der Waals surface area contributed by atoms with Crippen LogP contribution in [0.3, 0.4) is 0 Å². The number of hydrazone groups is 1. The molecule has 0 saturated heterocycles. The molecule has 3 rings (SSSR count). The van der Waals surface area contributed by atoms with Crippen LogP contribution in [0.15, 0.2) is 29.4 Å². The molecular weight excluding hydrogens is 418 g/mol. The van der Waals surface area contributed by atoms with Crippen LogP contribution in [0.2, 0.25) is 5.02 Å². The summed E-state index contributed by atoms with van der Waals surface area (Å²) < 4.78 is 5.11. The number of esters is 1. The maximum Gasteiger partial charge on any atom is 0.308 e. The number of carbonyl (C=O) groups excluding carboxylic acids is 3. The Morgan fingerprint density at radius 2 is 1.90 bits per heavy atom. The fourth-order valence-corrected chi connectivity index (χ4v) is 4.95. The predicted octanol–water partition coefficient (Wildman–Crippen LogP) is 3.77. The van der Waals surface area contributed by atoms with Gasteiger partial charge in [-0.1, -0.05) is 44.5 Å². The molecule has 1 aromatic rings. The van der Waals surface area contributed by atoms with Crippen molar-refractivity contribution in [2.24, 2.45) is 21.8 Å². The van der Waals surface area contributed by atoms with Crippen LogP contribution >= 0.6 is 11.6 Å². The van der Waals surface area contributed by atoms with Gasteiger partial charge in [0.25, 0.3) is 5.91 Å². The Kier molecular flexibility index (Phi) is 6.74. The Morgan fingerprint density at radius 3 is 2.45 bits per heavy atom. The third kappa shape index (κ3) is 4.92. The van der Waals surface area contributed by atoms with Gasteiger partial charge in [0.1, 0.15) is 0 Å². The van der Waals surface area contributed by atoms with Crippen LogP contribution in [0.1, 0.15) is 65.0 Å². The molecule has 2 N–H and O–H groups in total. The lowest BCUT2D eigenvalue weighted by Gasteiger charge is -2.34. The molecule has 0 aromatic heterocycles. The number of benzene rings is 1. The summed E-state index contributed by atoms with van der Waals surface area (Å²) in [6, 6.07) is 6.26. The molecular formula is C23H30ClN3O4. The number of ether oxygens (including phenoxy) is 1. The van der Waals surface area contributed by atoms with Crippen molar-refractivity contribution in [2.75, 3.05) is 6.61 Å². The molecule has 7 nitrogen and oxygen atoms in total. The Hall–Kier alpha value is -2.41. The van der Waals surface area contributed by atoms with E-state index in [2.05, 4.69) is 36.6 Å². The van der Waals surface area contributed by atoms with Gasteiger partial charge in [0.2, 0.25) is 5.91 Å². The second-order valence-electron chi connectivity index (χ2n) is 9.26. The van der Waals surface area contributed by atoms with Gasteiger partial charge < -0.3 is 10.1 Å². The first-order chi connectivity index (χ1) is 14.5. The molecule has 1 aromatic carbocycles. The highest BCUT2D eigenvalue weighted by Crippen LogP contribution is 2.63. The third-order valence-corrected chi connectivity index (χ3v) is 7.46. The van der Waals surface area contributed by atoms with Crippen molar-refractivity contribution >= 4 is 35.1 Å². The maximum absolute atomic E-state index is 12.3. The normalized spacial score (nSPS) is 25.8. The predicted molar refractivity (Wildman–Crippen MR) is 118 cm³/mol. The van der Waals surface area contributed by atoms with E-state index in [1.165, 1.54) is 13.3 Å². The summed E-state index contributed by atoms with van der Waals surface area (Å²) in [6.07, 6.45) is 3.06. The molecule has 31 heavy (non-hydrogen) atoms. The largest absolute Gasteiger partial charge is 0.455 e. The summed E-state index contributed by atoms with van der Waals surface area (Å²) in [7, 11) is 0. The highest BCUT2D eigenvalue weighted by molar-refractivity contribution is 6.30. The second kappa shape index (κ2) is 8.99. The summed E-state index contributed by atoms with van der Waals surface area (Å²) >= 11 is 5.90. The average Bonchev–Trinajstić information content (AvgIpc) is 3.04. The van der Waals surface area contributed by atoms with Gasteiger partial charge in [0, 0.05) is 23.1 Å². The molecule has 2 saturated carbocycles. The second-order valence-corrected chi connectivity index (χ2v) is 9.69. The minimum Gasteiger partial charge on any atom is -0.455 e. The molecule has 2 aliphatic carbocycles. The first-order valence-electron chi connectivity index (χ1n) is 10.6. The van der Waals surface area contributed by atoms with Gasteiger partial charge in [-0.3, -0.25) is 14.4 Å². The van der Waals surface area contributed by atoms with Crippen LogP contribution in [0.25, 0.3) is 0 Å². The van der Waals surface area contributed by atoms with E-state index in [-0.39, 0.29) is 23.2 Å². The first kappa shape index (κ1) is 23.3. The number of rotatable bonds is 7. The molecule has 2 fully saturated rings. The maximum atomic E-state index is 12.3. The zero-order valence-electron chi connectivity index (χ0n) is 18.5. The summed E-state index contributed by atoms with van der Waals surface area (Å²) in [5.41, 5.74) is 4.44. The summed E-state index contributed by atoms with van der Waals surface area (Å²) in [6.45, 7) is 7.70. The molecule has 3 unspecified atom stereocenters. The molecule has 2 amide bonds. The van der Waals surface area contributed by atoms with Crippen molar-refractivity contribution in [1.82, 2.24) is 10.7 Å². The van der Waals surface area contributed by atoms with Crippen molar-refractivity contribution in [1.29, 1.82) is 0 Å². The highest BCUT2D eigenvalue weighted by atomic mass is 35.5. The number of halogens is 1. The Bertz CT molecular complexity index is 897. The van der Waals surface area contributed by atoms with Crippen LogP contribution in [0.4, 0.5) is 0 Å².